The minimum atomic E-state index is -4.56. The Morgan fingerprint density at radius 1 is 0.690 bits per heavy atom. The number of hydrogen-bond donors (Lipinski definition) is 2. The van der Waals surface area contributed by atoms with Crippen molar-refractivity contribution in [3.63, 3.8) is 0 Å². The Bertz CT molecular complexity index is 609. The molecule has 0 aliphatic carbocycles. The average molecular weight is 427 g/mol. The van der Waals surface area contributed by atoms with Crippen LogP contribution >= 0.6 is 7.82 Å². The average Bonchev–Trinajstić information content (AvgIpc) is 2.67. The van der Waals surface area contributed by atoms with E-state index in [0.29, 0.717) is 5.75 Å². The third kappa shape index (κ3) is 11.2. The number of unbranched alkanes of at least 4 members (excludes halogenated alkanes) is 9. The van der Waals surface area contributed by atoms with E-state index < -0.39 is 7.82 Å². The van der Waals surface area contributed by atoms with Gasteiger partial charge in [-0.05, 0) is 61.3 Å². The molecule has 0 radical (unpaired) electrons. The summed E-state index contributed by atoms with van der Waals surface area (Å²) in [5.41, 5.74) is 3.68. The molecule has 0 bridgehead atoms. The van der Waals surface area contributed by atoms with Gasteiger partial charge in [-0.3, -0.25) is 9.79 Å². The molecular formula is C24H43O4P. The number of rotatable bonds is 17. The van der Waals surface area contributed by atoms with Crippen molar-refractivity contribution in [2.45, 2.75) is 117 Å². The first-order valence-corrected chi connectivity index (χ1v) is 13.3. The van der Waals surface area contributed by atoms with Crippen LogP contribution < -0.4 is 4.52 Å². The summed E-state index contributed by atoms with van der Waals surface area (Å²) in [4.78, 5) is 18.8. The van der Waals surface area contributed by atoms with Crippen molar-refractivity contribution >= 4 is 7.82 Å². The molecule has 0 saturated carbocycles. The molecule has 1 aromatic rings. The predicted octanol–water partition coefficient (Wildman–Crippen LogP) is 7.53. The van der Waals surface area contributed by atoms with Crippen molar-refractivity contribution in [1.82, 2.24) is 0 Å². The Labute approximate surface area is 178 Å². The van der Waals surface area contributed by atoms with E-state index in [4.69, 9.17) is 4.52 Å². The van der Waals surface area contributed by atoms with Crippen molar-refractivity contribution in [3.05, 3.63) is 28.8 Å². The smallest absolute Gasteiger partial charge is 0.404 e. The van der Waals surface area contributed by atoms with Crippen LogP contribution in [0.2, 0.25) is 0 Å². The normalized spacial score (nSPS) is 11.8. The summed E-state index contributed by atoms with van der Waals surface area (Å²) in [7, 11) is -4.56. The predicted molar refractivity (Wildman–Crippen MR) is 123 cm³/mol. The molecule has 168 valence electrons. The highest BCUT2D eigenvalue weighted by Gasteiger charge is 2.21. The Balaban J connectivity index is 3.12. The maximum atomic E-state index is 11.5. The summed E-state index contributed by atoms with van der Waals surface area (Å²) in [5.74, 6) is 0.387. The molecule has 0 aromatic heterocycles. The summed E-state index contributed by atoms with van der Waals surface area (Å²) in [6.45, 7) is 6.63. The molecule has 0 fully saturated rings. The van der Waals surface area contributed by atoms with E-state index in [0.717, 1.165) is 44.1 Å². The summed E-state index contributed by atoms with van der Waals surface area (Å²) in [5, 5.41) is 0. The van der Waals surface area contributed by atoms with Crippen molar-refractivity contribution in [2.75, 3.05) is 0 Å². The highest BCUT2D eigenvalue weighted by atomic mass is 31.2. The molecule has 0 amide bonds. The second kappa shape index (κ2) is 15.0. The van der Waals surface area contributed by atoms with Gasteiger partial charge in [0.2, 0.25) is 0 Å². The van der Waals surface area contributed by atoms with E-state index in [1.54, 1.807) is 6.07 Å². The van der Waals surface area contributed by atoms with Crippen LogP contribution in [-0.2, 0) is 23.8 Å². The van der Waals surface area contributed by atoms with Gasteiger partial charge in [0.05, 0.1) is 0 Å². The lowest BCUT2D eigenvalue weighted by Crippen LogP contribution is -2.05. The van der Waals surface area contributed by atoms with Crippen LogP contribution in [0.1, 0.15) is 115 Å². The number of benzene rings is 1. The van der Waals surface area contributed by atoms with E-state index in [2.05, 4.69) is 20.8 Å². The lowest BCUT2D eigenvalue weighted by atomic mass is 9.89. The fourth-order valence-electron chi connectivity index (χ4n) is 3.95. The molecule has 0 saturated heterocycles. The van der Waals surface area contributed by atoms with Crippen LogP contribution in [0, 0.1) is 0 Å². The fraction of sp³-hybridized carbons (Fsp3) is 0.750. The van der Waals surface area contributed by atoms with Crippen LogP contribution in [0.4, 0.5) is 0 Å². The molecule has 0 aliphatic rings. The zero-order valence-corrected chi connectivity index (χ0v) is 19.8. The lowest BCUT2D eigenvalue weighted by molar-refractivity contribution is 0.282. The number of aryl methyl sites for hydroxylation is 1. The molecule has 2 N–H and O–H groups in total. The monoisotopic (exact) mass is 426 g/mol. The lowest BCUT2D eigenvalue weighted by Gasteiger charge is -2.20. The minimum absolute atomic E-state index is 0.387. The van der Waals surface area contributed by atoms with Crippen molar-refractivity contribution < 1.29 is 18.9 Å². The summed E-state index contributed by atoms with van der Waals surface area (Å²) in [6.07, 6.45) is 17.0. The van der Waals surface area contributed by atoms with E-state index >= 15 is 0 Å². The van der Waals surface area contributed by atoms with Gasteiger partial charge in [-0.1, -0.05) is 84.6 Å². The maximum absolute atomic E-state index is 11.5. The van der Waals surface area contributed by atoms with Crippen LogP contribution in [0.25, 0.3) is 0 Å². The Hall–Kier alpha value is -0.830. The molecule has 5 heteroatoms. The molecule has 1 aromatic carbocycles. The first kappa shape index (κ1) is 26.2. The molecular weight excluding hydrogens is 383 g/mol. The molecule has 4 nitrogen and oxygen atoms in total. The van der Waals surface area contributed by atoms with Gasteiger partial charge in [-0.15, -0.1) is 0 Å². The topological polar surface area (TPSA) is 66.8 Å². The van der Waals surface area contributed by atoms with Crippen LogP contribution in [0.3, 0.4) is 0 Å². The zero-order valence-electron chi connectivity index (χ0n) is 18.9. The van der Waals surface area contributed by atoms with Gasteiger partial charge in [-0.2, -0.15) is 0 Å². The van der Waals surface area contributed by atoms with Gasteiger partial charge in [0.15, 0.2) is 0 Å². The molecule has 0 unspecified atom stereocenters. The molecule has 0 spiro atoms. The van der Waals surface area contributed by atoms with Gasteiger partial charge in [0.1, 0.15) is 5.75 Å². The number of phosphoric acid groups is 1. The maximum Gasteiger partial charge on any atom is 0.524 e. The molecule has 0 heterocycles. The van der Waals surface area contributed by atoms with Crippen LogP contribution in [-0.4, -0.2) is 9.79 Å². The third-order valence-electron chi connectivity index (χ3n) is 5.56. The SMILES string of the molecule is CCCCCCc1ccc(OP(=O)(O)O)c(CCCCCC)c1CCCCCC. The van der Waals surface area contributed by atoms with E-state index in [-0.39, 0.29) is 0 Å². The van der Waals surface area contributed by atoms with Crippen molar-refractivity contribution in [2.24, 2.45) is 0 Å². The standard InChI is InChI=1S/C24H43O4P/c1-4-7-10-13-16-21-19-20-24(28-29(25,26)27)23(18-15-12-9-6-3)22(21)17-14-11-8-5-2/h19-20H,4-18H2,1-3H3,(H2,25,26,27). The largest absolute Gasteiger partial charge is 0.524 e. The number of phosphoric ester groups is 1. The minimum Gasteiger partial charge on any atom is -0.404 e. The highest BCUT2D eigenvalue weighted by Crippen LogP contribution is 2.41. The van der Waals surface area contributed by atoms with Crippen molar-refractivity contribution in [3.8, 4) is 5.75 Å². The number of hydrogen-bond acceptors (Lipinski definition) is 2. The second-order valence-corrected chi connectivity index (χ2v) is 9.36. The van der Waals surface area contributed by atoms with E-state index in [1.807, 2.05) is 6.07 Å². The molecule has 29 heavy (non-hydrogen) atoms. The Morgan fingerprint density at radius 3 is 1.66 bits per heavy atom. The molecule has 0 atom stereocenters. The van der Waals surface area contributed by atoms with E-state index in [1.165, 1.54) is 68.9 Å². The van der Waals surface area contributed by atoms with Gasteiger partial charge >= 0.3 is 7.82 Å². The highest BCUT2D eigenvalue weighted by molar-refractivity contribution is 7.46. The summed E-state index contributed by atoms with van der Waals surface area (Å²) < 4.78 is 16.7. The summed E-state index contributed by atoms with van der Waals surface area (Å²) in [6, 6.07) is 3.83. The van der Waals surface area contributed by atoms with Gasteiger partial charge in [-0.25, -0.2) is 4.57 Å². The first-order chi connectivity index (χ1) is 13.9. The Morgan fingerprint density at radius 2 is 1.17 bits per heavy atom. The quantitative estimate of drug-likeness (QED) is 0.200. The molecule has 0 aliphatic heterocycles. The van der Waals surface area contributed by atoms with E-state index in [9.17, 15) is 14.4 Å². The summed E-state index contributed by atoms with van der Waals surface area (Å²) >= 11 is 0. The Kier molecular flexibility index (Phi) is 13.6. The first-order valence-electron chi connectivity index (χ1n) is 11.8. The van der Waals surface area contributed by atoms with Gasteiger partial charge in [0.25, 0.3) is 0 Å². The van der Waals surface area contributed by atoms with Gasteiger partial charge < -0.3 is 4.52 Å². The van der Waals surface area contributed by atoms with Crippen molar-refractivity contribution in [1.29, 1.82) is 0 Å². The van der Waals surface area contributed by atoms with Crippen LogP contribution in [0.5, 0.6) is 5.75 Å². The third-order valence-corrected chi connectivity index (χ3v) is 6.00. The molecule has 1 rings (SSSR count). The zero-order chi connectivity index (χ0) is 21.5. The second-order valence-electron chi connectivity index (χ2n) is 8.19. The van der Waals surface area contributed by atoms with Gasteiger partial charge in [0, 0.05) is 0 Å². The van der Waals surface area contributed by atoms with Crippen LogP contribution in [0.15, 0.2) is 12.1 Å². The fourth-order valence-corrected chi connectivity index (χ4v) is 4.38.